The molecule has 136 valence electrons. The van der Waals surface area contributed by atoms with E-state index in [1.54, 1.807) is 0 Å². The molecule has 3 rings (SSSR count). The van der Waals surface area contributed by atoms with E-state index in [1.165, 1.54) is 6.42 Å². The van der Waals surface area contributed by atoms with Gasteiger partial charge in [-0.25, -0.2) is 0 Å². The minimum absolute atomic E-state index is 0.116. The predicted molar refractivity (Wildman–Crippen MR) is 99.8 cm³/mol. The Labute approximate surface area is 150 Å². The molecule has 0 spiro atoms. The van der Waals surface area contributed by atoms with E-state index < -0.39 is 0 Å². The monoisotopic (exact) mass is 343 g/mol. The zero-order valence-corrected chi connectivity index (χ0v) is 15.4. The molecule has 1 aromatic carbocycles. The molecule has 0 bridgehead atoms. The number of piperidine rings is 1. The van der Waals surface area contributed by atoms with Crippen molar-refractivity contribution in [2.75, 3.05) is 31.5 Å². The zero-order chi connectivity index (χ0) is 17.8. The maximum Gasteiger partial charge on any atom is 0.253 e. The van der Waals surface area contributed by atoms with Gasteiger partial charge in [-0.05, 0) is 69.7 Å². The molecule has 2 aliphatic rings. The van der Waals surface area contributed by atoms with E-state index in [0.29, 0.717) is 12.6 Å². The minimum Gasteiger partial charge on any atom is -0.376 e. The predicted octanol–water partition coefficient (Wildman–Crippen LogP) is 3.04. The Kier molecular flexibility index (Phi) is 5.61. The summed E-state index contributed by atoms with van der Waals surface area (Å²) in [6.07, 6.45) is 5.60. The Bertz CT molecular complexity index is 638. The Morgan fingerprint density at radius 1 is 1.12 bits per heavy atom. The van der Waals surface area contributed by atoms with Crippen molar-refractivity contribution in [1.82, 2.24) is 9.80 Å². The van der Waals surface area contributed by atoms with Gasteiger partial charge in [-0.2, -0.15) is 0 Å². The SMILES string of the molecule is Cc1cc(C(=O)N2CCCC2)ccc1NCC(=O)N1CCCC[C@@H]1C. The fraction of sp³-hybridized carbons (Fsp3) is 0.600. The van der Waals surface area contributed by atoms with Crippen LogP contribution in [0.25, 0.3) is 0 Å². The third kappa shape index (κ3) is 4.14. The van der Waals surface area contributed by atoms with E-state index in [4.69, 9.17) is 0 Å². The second-order valence-corrected chi connectivity index (χ2v) is 7.31. The van der Waals surface area contributed by atoms with Crippen LogP contribution in [0.15, 0.2) is 18.2 Å². The van der Waals surface area contributed by atoms with E-state index >= 15 is 0 Å². The summed E-state index contributed by atoms with van der Waals surface area (Å²) >= 11 is 0. The molecule has 2 aliphatic heterocycles. The number of aryl methyl sites for hydroxylation is 1. The molecular weight excluding hydrogens is 314 g/mol. The van der Waals surface area contributed by atoms with Crippen LogP contribution in [0.2, 0.25) is 0 Å². The van der Waals surface area contributed by atoms with Crippen LogP contribution in [-0.4, -0.2) is 53.8 Å². The summed E-state index contributed by atoms with van der Waals surface area (Å²) in [5.74, 6) is 0.272. The Morgan fingerprint density at radius 3 is 2.52 bits per heavy atom. The van der Waals surface area contributed by atoms with Crippen molar-refractivity contribution in [3.05, 3.63) is 29.3 Å². The number of benzene rings is 1. The molecule has 1 aromatic rings. The number of amides is 2. The molecule has 2 saturated heterocycles. The number of nitrogens with zero attached hydrogens (tertiary/aromatic N) is 2. The summed E-state index contributed by atoms with van der Waals surface area (Å²) in [7, 11) is 0. The molecule has 5 nitrogen and oxygen atoms in total. The third-order valence-electron chi connectivity index (χ3n) is 5.42. The molecule has 25 heavy (non-hydrogen) atoms. The van der Waals surface area contributed by atoms with Gasteiger partial charge in [-0.1, -0.05) is 0 Å². The Morgan fingerprint density at radius 2 is 1.84 bits per heavy atom. The van der Waals surface area contributed by atoms with E-state index in [1.807, 2.05) is 34.9 Å². The zero-order valence-electron chi connectivity index (χ0n) is 15.4. The minimum atomic E-state index is 0.116. The second-order valence-electron chi connectivity index (χ2n) is 7.31. The highest BCUT2D eigenvalue weighted by molar-refractivity contribution is 5.95. The first-order chi connectivity index (χ1) is 12.1. The maximum absolute atomic E-state index is 12.5. The van der Waals surface area contributed by atoms with Crippen LogP contribution in [0, 0.1) is 6.92 Å². The van der Waals surface area contributed by atoms with Crippen LogP contribution in [0.1, 0.15) is 54.9 Å². The van der Waals surface area contributed by atoms with Crippen molar-refractivity contribution < 1.29 is 9.59 Å². The average Bonchev–Trinajstić information content (AvgIpc) is 3.14. The van der Waals surface area contributed by atoms with Crippen LogP contribution in [0.4, 0.5) is 5.69 Å². The van der Waals surface area contributed by atoms with Crippen molar-refractivity contribution in [2.45, 2.75) is 52.0 Å². The average molecular weight is 343 g/mol. The second kappa shape index (κ2) is 7.89. The number of carbonyl (C=O) groups is 2. The van der Waals surface area contributed by atoms with Crippen molar-refractivity contribution in [1.29, 1.82) is 0 Å². The normalized spacial score (nSPS) is 20.6. The van der Waals surface area contributed by atoms with Gasteiger partial charge in [-0.3, -0.25) is 9.59 Å². The first kappa shape index (κ1) is 17.8. The third-order valence-corrected chi connectivity index (χ3v) is 5.42. The number of rotatable bonds is 4. The van der Waals surface area contributed by atoms with Crippen LogP contribution in [0.3, 0.4) is 0 Å². The molecule has 0 unspecified atom stereocenters. The van der Waals surface area contributed by atoms with Gasteiger partial charge < -0.3 is 15.1 Å². The smallest absolute Gasteiger partial charge is 0.253 e. The van der Waals surface area contributed by atoms with Gasteiger partial charge in [0.25, 0.3) is 5.91 Å². The molecule has 2 fully saturated rings. The highest BCUT2D eigenvalue weighted by Gasteiger charge is 2.23. The van der Waals surface area contributed by atoms with E-state index in [0.717, 1.165) is 62.1 Å². The molecule has 2 heterocycles. The van der Waals surface area contributed by atoms with Gasteiger partial charge in [0.1, 0.15) is 0 Å². The van der Waals surface area contributed by atoms with Crippen LogP contribution >= 0.6 is 0 Å². The van der Waals surface area contributed by atoms with E-state index in [2.05, 4.69) is 12.2 Å². The lowest BCUT2D eigenvalue weighted by Crippen LogP contribution is -2.44. The number of anilines is 1. The summed E-state index contributed by atoms with van der Waals surface area (Å²) in [4.78, 5) is 28.8. The molecular formula is C20H29N3O2. The van der Waals surface area contributed by atoms with Crippen molar-refractivity contribution in [3.63, 3.8) is 0 Å². The van der Waals surface area contributed by atoms with Crippen LogP contribution in [-0.2, 0) is 4.79 Å². The topological polar surface area (TPSA) is 52.7 Å². The molecule has 0 saturated carbocycles. The Hall–Kier alpha value is -2.04. The molecule has 2 amide bonds. The first-order valence-corrected chi connectivity index (χ1v) is 9.49. The van der Waals surface area contributed by atoms with Crippen molar-refractivity contribution in [3.8, 4) is 0 Å². The molecule has 1 N–H and O–H groups in total. The molecule has 5 heteroatoms. The molecule has 1 atom stereocenters. The van der Waals surface area contributed by atoms with Gasteiger partial charge in [0.15, 0.2) is 0 Å². The van der Waals surface area contributed by atoms with Gasteiger partial charge in [-0.15, -0.1) is 0 Å². The lowest BCUT2D eigenvalue weighted by atomic mass is 10.0. The van der Waals surface area contributed by atoms with Gasteiger partial charge >= 0.3 is 0 Å². The highest BCUT2D eigenvalue weighted by atomic mass is 16.2. The quantitative estimate of drug-likeness (QED) is 0.914. The number of carbonyl (C=O) groups excluding carboxylic acids is 2. The van der Waals surface area contributed by atoms with Gasteiger partial charge in [0, 0.05) is 36.9 Å². The molecule has 0 aliphatic carbocycles. The van der Waals surface area contributed by atoms with E-state index in [-0.39, 0.29) is 11.8 Å². The summed E-state index contributed by atoms with van der Waals surface area (Å²) in [5.41, 5.74) is 2.67. The number of nitrogens with one attached hydrogen (secondary N) is 1. The molecule has 0 aromatic heterocycles. The number of likely N-dealkylation sites (tertiary alicyclic amines) is 2. The number of hydrogen-bond donors (Lipinski definition) is 1. The lowest BCUT2D eigenvalue weighted by Gasteiger charge is -2.33. The largest absolute Gasteiger partial charge is 0.376 e. The number of hydrogen-bond acceptors (Lipinski definition) is 3. The van der Waals surface area contributed by atoms with Crippen LogP contribution < -0.4 is 5.32 Å². The van der Waals surface area contributed by atoms with E-state index in [9.17, 15) is 9.59 Å². The molecule has 0 radical (unpaired) electrons. The summed E-state index contributed by atoms with van der Waals surface area (Å²) < 4.78 is 0. The Balaban J connectivity index is 1.59. The summed E-state index contributed by atoms with van der Waals surface area (Å²) in [6, 6.07) is 6.05. The fourth-order valence-electron chi connectivity index (χ4n) is 3.84. The van der Waals surface area contributed by atoms with Crippen LogP contribution in [0.5, 0.6) is 0 Å². The first-order valence-electron chi connectivity index (χ1n) is 9.49. The maximum atomic E-state index is 12.5. The summed E-state index contributed by atoms with van der Waals surface area (Å²) in [5, 5.41) is 3.25. The standard InChI is InChI=1S/C20H29N3O2/c1-15-13-17(20(25)22-10-5-6-11-22)8-9-18(15)21-14-19(24)23-12-4-3-7-16(23)2/h8-9,13,16,21H,3-7,10-12,14H2,1-2H3/t16-/m0/s1. The highest BCUT2D eigenvalue weighted by Crippen LogP contribution is 2.20. The summed E-state index contributed by atoms with van der Waals surface area (Å²) in [6.45, 7) is 7.01. The van der Waals surface area contributed by atoms with Gasteiger partial charge in [0.2, 0.25) is 5.91 Å². The lowest BCUT2D eigenvalue weighted by molar-refractivity contribution is -0.132. The van der Waals surface area contributed by atoms with Crippen molar-refractivity contribution in [2.24, 2.45) is 0 Å². The van der Waals surface area contributed by atoms with Crippen molar-refractivity contribution >= 4 is 17.5 Å². The van der Waals surface area contributed by atoms with Gasteiger partial charge in [0.05, 0.1) is 6.54 Å². The fourth-order valence-corrected chi connectivity index (χ4v) is 3.84.